The van der Waals surface area contributed by atoms with Crippen LogP contribution in [-0.4, -0.2) is 33.4 Å². The first-order valence-corrected chi connectivity index (χ1v) is 11.3. The van der Waals surface area contributed by atoms with Crippen molar-refractivity contribution in [3.63, 3.8) is 0 Å². The van der Waals surface area contributed by atoms with E-state index in [1.54, 1.807) is 22.8 Å². The number of aromatic amines is 1. The Labute approximate surface area is 176 Å². The summed E-state index contributed by atoms with van der Waals surface area (Å²) in [5.41, 5.74) is 2.62. The smallest absolute Gasteiger partial charge is 0.262 e. The number of rotatable bonds is 4. The molecule has 1 aliphatic carbocycles. The Morgan fingerprint density at radius 2 is 1.86 bits per heavy atom. The molecule has 2 heterocycles. The van der Waals surface area contributed by atoms with E-state index >= 15 is 0 Å². The van der Waals surface area contributed by atoms with Crippen LogP contribution in [0.2, 0.25) is 0 Å². The zero-order valence-electron chi connectivity index (χ0n) is 16.9. The molecule has 1 fully saturated rings. The van der Waals surface area contributed by atoms with E-state index in [-0.39, 0.29) is 11.5 Å². The monoisotopic (exact) mass is 411 g/mol. The van der Waals surface area contributed by atoms with Gasteiger partial charge in [0, 0.05) is 25.2 Å². The number of carbonyl (C=O) groups excluding carboxylic acids is 1. The second-order valence-electron chi connectivity index (χ2n) is 8.21. The first-order chi connectivity index (χ1) is 14.1. The molecule has 0 spiro atoms. The van der Waals surface area contributed by atoms with Gasteiger partial charge in [-0.15, -0.1) is 0 Å². The van der Waals surface area contributed by atoms with Gasteiger partial charge in [-0.1, -0.05) is 24.5 Å². The van der Waals surface area contributed by atoms with Gasteiger partial charge >= 0.3 is 0 Å². The van der Waals surface area contributed by atoms with Crippen molar-refractivity contribution in [2.24, 2.45) is 0 Å². The molecular weight excluding hydrogens is 382 g/mol. The van der Waals surface area contributed by atoms with Gasteiger partial charge in [-0.05, 0) is 75.4 Å². The van der Waals surface area contributed by atoms with E-state index in [9.17, 15) is 9.59 Å². The van der Waals surface area contributed by atoms with Gasteiger partial charge < -0.3 is 9.88 Å². The van der Waals surface area contributed by atoms with E-state index in [0.717, 1.165) is 45.2 Å². The quantitative estimate of drug-likeness (QED) is 0.571. The average Bonchev–Trinajstić information content (AvgIpc) is 3.03. The van der Waals surface area contributed by atoms with Crippen LogP contribution in [0.5, 0.6) is 0 Å². The van der Waals surface area contributed by atoms with Gasteiger partial charge in [-0.3, -0.25) is 14.2 Å². The molecule has 1 aromatic carbocycles. The number of amides is 1. The van der Waals surface area contributed by atoms with Crippen molar-refractivity contribution in [1.29, 1.82) is 0 Å². The number of benzene rings is 1. The Morgan fingerprint density at radius 1 is 1.07 bits per heavy atom. The molecule has 2 aliphatic rings. The molecule has 0 radical (unpaired) electrons. The van der Waals surface area contributed by atoms with Gasteiger partial charge in [-0.25, -0.2) is 0 Å². The van der Waals surface area contributed by atoms with Crippen LogP contribution in [0.25, 0.3) is 10.9 Å². The molecule has 1 N–H and O–H groups in total. The van der Waals surface area contributed by atoms with Crippen molar-refractivity contribution in [1.82, 2.24) is 14.5 Å². The molecule has 5 nitrogen and oxygen atoms in total. The third kappa shape index (κ3) is 4.53. The SMILES string of the molecule is O=C(c1ccc2c(=O)n(CCC3=CCCCC3)c(=S)[nH]c2c1)N1CCCCCC1. The van der Waals surface area contributed by atoms with E-state index in [0.29, 0.717) is 27.8 Å². The van der Waals surface area contributed by atoms with E-state index in [2.05, 4.69) is 11.1 Å². The zero-order chi connectivity index (χ0) is 20.2. The molecule has 29 heavy (non-hydrogen) atoms. The number of fused-ring (bicyclic) bond motifs is 1. The number of H-pyrrole nitrogens is 1. The van der Waals surface area contributed by atoms with Crippen LogP contribution >= 0.6 is 12.2 Å². The topological polar surface area (TPSA) is 58.1 Å². The van der Waals surface area contributed by atoms with Crippen molar-refractivity contribution in [2.45, 2.75) is 64.3 Å². The summed E-state index contributed by atoms with van der Waals surface area (Å²) in [5.74, 6) is 0.0431. The maximum absolute atomic E-state index is 13.0. The number of aromatic nitrogens is 2. The highest BCUT2D eigenvalue weighted by Gasteiger charge is 2.18. The van der Waals surface area contributed by atoms with Gasteiger partial charge in [0.15, 0.2) is 4.77 Å². The Balaban J connectivity index is 1.59. The van der Waals surface area contributed by atoms with E-state index in [1.807, 2.05) is 4.90 Å². The highest BCUT2D eigenvalue weighted by molar-refractivity contribution is 7.71. The van der Waals surface area contributed by atoms with Gasteiger partial charge in [0.05, 0.1) is 10.9 Å². The van der Waals surface area contributed by atoms with Crippen LogP contribution in [0, 0.1) is 4.77 Å². The lowest BCUT2D eigenvalue weighted by atomic mass is 9.97. The summed E-state index contributed by atoms with van der Waals surface area (Å²) in [6.07, 6.45) is 12.4. The summed E-state index contributed by atoms with van der Waals surface area (Å²) in [6.45, 7) is 2.22. The fraction of sp³-hybridized carbons (Fsp3) is 0.522. The Bertz CT molecular complexity index is 1040. The van der Waals surface area contributed by atoms with Gasteiger partial charge in [-0.2, -0.15) is 0 Å². The maximum atomic E-state index is 13.0. The lowest BCUT2D eigenvalue weighted by Crippen LogP contribution is -2.32. The second kappa shape index (κ2) is 9.08. The third-order valence-corrected chi connectivity index (χ3v) is 6.49. The minimum atomic E-state index is -0.0751. The van der Waals surface area contributed by atoms with Crippen LogP contribution in [0.4, 0.5) is 0 Å². The molecule has 1 aromatic heterocycles. The molecule has 154 valence electrons. The maximum Gasteiger partial charge on any atom is 0.262 e. The number of nitrogens with zero attached hydrogens (tertiary/aromatic N) is 2. The lowest BCUT2D eigenvalue weighted by Gasteiger charge is -2.20. The van der Waals surface area contributed by atoms with Crippen LogP contribution in [0.1, 0.15) is 68.1 Å². The standard InChI is InChI=1S/C23H29N3O2S/c27-21(25-13-6-1-2-7-14-25)18-10-11-19-20(16-18)24-23(29)26(22(19)28)15-12-17-8-4-3-5-9-17/h8,10-11,16H,1-7,9,12-15H2,(H,24,29). The molecule has 1 amide bonds. The molecule has 0 bridgehead atoms. The summed E-state index contributed by atoms with van der Waals surface area (Å²) >= 11 is 5.48. The predicted molar refractivity (Wildman–Crippen MR) is 119 cm³/mol. The zero-order valence-corrected chi connectivity index (χ0v) is 17.7. The average molecular weight is 412 g/mol. The molecule has 2 aromatic rings. The van der Waals surface area contributed by atoms with Crippen LogP contribution < -0.4 is 5.56 Å². The molecule has 0 saturated carbocycles. The first-order valence-electron chi connectivity index (χ1n) is 10.9. The minimum Gasteiger partial charge on any atom is -0.339 e. The van der Waals surface area contributed by atoms with Crippen LogP contribution in [-0.2, 0) is 6.54 Å². The van der Waals surface area contributed by atoms with Crippen molar-refractivity contribution < 1.29 is 4.79 Å². The normalized spacial score (nSPS) is 17.8. The van der Waals surface area contributed by atoms with Crippen molar-refractivity contribution in [3.05, 3.63) is 50.5 Å². The van der Waals surface area contributed by atoms with E-state index < -0.39 is 0 Å². The van der Waals surface area contributed by atoms with Crippen molar-refractivity contribution >= 4 is 29.0 Å². The minimum absolute atomic E-state index is 0.0431. The van der Waals surface area contributed by atoms with Crippen LogP contribution in [0.15, 0.2) is 34.6 Å². The summed E-state index contributed by atoms with van der Waals surface area (Å²) in [6, 6.07) is 5.33. The highest BCUT2D eigenvalue weighted by atomic mass is 32.1. The Kier molecular flexibility index (Phi) is 6.28. The van der Waals surface area contributed by atoms with Gasteiger partial charge in [0.25, 0.3) is 11.5 Å². The molecule has 1 saturated heterocycles. The van der Waals surface area contributed by atoms with Crippen LogP contribution in [0.3, 0.4) is 0 Å². The Morgan fingerprint density at radius 3 is 2.59 bits per heavy atom. The molecule has 0 atom stereocenters. The van der Waals surface area contributed by atoms with E-state index in [1.165, 1.54) is 31.3 Å². The van der Waals surface area contributed by atoms with Crippen molar-refractivity contribution in [2.75, 3.05) is 13.1 Å². The Hall–Kier alpha value is -2.21. The summed E-state index contributed by atoms with van der Waals surface area (Å²) in [7, 11) is 0. The van der Waals surface area contributed by atoms with E-state index in [4.69, 9.17) is 12.2 Å². The second-order valence-corrected chi connectivity index (χ2v) is 8.60. The number of likely N-dealkylation sites (tertiary alicyclic amines) is 1. The molecular formula is C23H29N3O2S. The number of allylic oxidation sites excluding steroid dienone is 2. The largest absolute Gasteiger partial charge is 0.339 e. The van der Waals surface area contributed by atoms with Gasteiger partial charge in [0.2, 0.25) is 0 Å². The predicted octanol–water partition coefficient (Wildman–Crippen LogP) is 4.97. The molecule has 4 rings (SSSR count). The third-order valence-electron chi connectivity index (χ3n) is 6.16. The summed E-state index contributed by atoms with van der Waals surface area (Å²) in [5, 5.41) is 0.587. The summed E-state index contributed by atoms with van der Waals surface area (Å²) in [4.78, 5) is 31.0. The van der Waals surface area contributed by atoms with Gasteiger partial charge in [0.1, 0.15) is 0 Å². The number of hydrogen-bond acceptors (Lipinski definition) is 3. The number of nitrogens with one attached hydrogen (secondary N) is 1. The fourth-order valence-electron chi connectivity index (χ4n) is 4.43. The molecule has 1 aliphatic heterocycles. The number of hydrogen-bond donors (Lipinski definition) is 1. The lowest BCUT2D eigenvalue weighted by molar-refractivity contribution is 0.0762. The summed E-state index contributed by atoms with van der Waals surface area (Å²) < 4.78 is 2.09. The highest BCUT2D eigenvalue weighted by Crippen LogP contribution is 2.21. The number of carbonyl (C=O) groups is 1. The first kappa shape index (κ1) is 20.1. The van der Waals surface area contributed by atoms with Crippen molar-refractivity contribution in [3.8, 4) is 0 Å². The molecule has 0 unspecified atom stereocenters. The molecule has 6 heteroatoms. The fourth-order valence-corrected chi connectivity index (χ4v) is 4.72.